The minimum atomic E-state index is -4.64. The Kier molecular flexibility index (Phi) is 7.31. The van der Waals surface area contributed by atoms with Crippen molar-refractivity contribution in [1.29, 1.82) is 0 Å². The number of hydrogen-bond donors (Lipinski definition) is 2. The van der Waals surface area contributed by atoms with Crippen LogP contribution in [-0.2, 0) is 19.2 Å². The molecule has 24 heavy (non-hydrogen) atoms. The molecule has 0 saturated carbocycles. The van der Waals surface area contributed by atoms with Gasteiger partial charge in [0, 0.05) is 33.5 Å². The van der Waals surface area contributed by atoms with E-state index < -0.39 is 17.7 Å². The SMILES string of the molecule is COCCC(CCOC)(c1ccc([N+](=O)[O-])c(OC)c1)P(=O)(O)O. The van der Waals surface area contributed by atoms with E-state index in [1.807, 2.05) is 0 Å². The highest BCUT2D eigenvalue weighted by Gasteiger charge is 2.48. The van der Waals surface area contributed by atoms with Crippen LogP contribution in [0.1, 0.15) is 18.4 Å². The molecule has 0 heterocycles. The maximum Gasteiger partial charge on any atom is 0.336 e. The smallest absolute Gasteiger partial charge is 0.336 e. The first-order chi connectivity index (χ1) is 11.2. The van der Waals surface area contributed by atoms with Crippen LogP contribution < -0.4 is 4.74 Å². The molecule has 1 aromatic carbocycles. The second kappa shape index (κ2) is 8.55. The molecule has 0 atom stereocenters. The maximum absolute atomic E-state index is 12.3. The molecule has 1 aromatic rings. The second-order valence-electron chi connectivity index (χ2n) is 5.20. The Labute approximate surface area is 139 Å². The number of nitro groups is 1. The van der Waals surface area contributed by atoms with Gasteiger partial charge < -0.3 is 24.0 Å². The molecule has 1 rings (SSSR count). The van der Waals surface area contributed by atoms with Gasteiger partial charge in [-0.15, -0.1) is 0 Å². The lowest BCUT2D eigenvalue weighted by Gasteiger charge is -2.34. The summed E-state index contributed by atoms with van der Waals surface area (Å²) in [5, 5.41) is 9.43. The van der Waals surface area contributed by atoms with Crippen molar-refractivity contribution in [3.63, 3.8) is 0 Å². The van der Waals surface area contributed by atoms with Gasteiger partial charge in [-0.05, 0) is 24.5 Å². The number of ether oxygens (including phenoxy) is 3. The second-order valence-corrected chi connectivity index (χ2v) is 7.15. The third-order valence-corrected chi connectivity index (χ3v) is 5.73. The average Bonchev–Trinajstić information content (AvgIpc) is 2.53. The average molecular weight is 363 g/mol. The van der Waals surface area contributed by atoms with Gasteiger partial charge in [-0.2, -0.15) is 0 Å². The van der Waals surface area contributed by atoms with Gasteiger partial charge in [0.05, 0.1) is 12.0 Å². The Balaban J connectivity index is 3.52. The summed E-state index contributed by atoms with van der Waals surface area (Å²) in [6.45, 7) is 0.211. The van der Waals surface area contributed by atoms with Crippen molar-refractivity contribution in [2.45, 2.75) is 18.0 Å². The monoisotopic (exact) mass is 363 g/mol. The number of nitro benzene ring substituents is 1. The van der Waals surface area contributed by atoms with Gasteiger partial charge in [-0.1, -0.05) is 6.07 Å². The molecule has 2 N–H and O–H groups in total. The molecule has 9 nitrogen and oxygen atoms in total. The van der Waals surface area contributed by atoms with Crippen LogP contribution in [0.5, 0.6) is 5.75 Å². The summed E-state index contributed by atoms with van der Waals surface area (Å²) in [4.78, 5) is 30.4. The highest BCUT2D eigenvalue weighted by molar-refractivity contribution is 7.53. The molecule has 136 valence electrons. The van der Waals surface area contributed by atoms with Crippen LogP contribution >= 0.6 is 7.60 Å². The molecule has 0 unspecified atom stereocenters. The molecule has 10 heteroatoms. The van der Waals surface area contributed by atoms with Crippen LogP contribution in [0.25, 0.3) is 0 Å². The fraction of sp³-hybridized carbons (Fsp3) is 0.571. The zero-order chi connectivity index (χ0) is 18.4. The van der Waals surface area contributed by atoms with Crippen molar-refractivity contribution in [2.75, 3.05) is 34.5 Å². The first-order valence-electron chi connectivity index (χ1n) is 7.10. The predicted octanol–water partition coefficient (Wildman–Crippen LogP) is 2.05. The van der Waals surface area contributed by atoms with Crippen molar-refractivity contribution < 1.29 is 33.5 Å². The first kappa shape index (κ1) is 20.5. The molecule has 0 aliphatic rings. The molecule has 0 saturated heterocycles. The molecule has 0 aliphatic heterocycles. The zero-order valence-electron chi connectivity index (χ0n) is 13.8. The van der Waals surface area contributed by atoms with E-state index in [0.29, 0.717) is 0 Å². The van der Waals surface area contributed by atoms with Crippen LogP contribution in [0.3, 0.4) is 0 Å². The fourth-order valence-electron chi connectivity index (χ4n) is 2.53. The van der Waals surface area contributed by atoms with Gasteiger partial charge >= 0.3 is 13.3 Å². The summed E-state index contributed by atoms with van der Waals surface area (Å²) in [7, 11) is -0.528. The number of benzene rings is 1. The van der Waals surface area contributed by atoms with E-state index in [-0.39, 0.29) is 43.1 Å². The Morgan fingerprint density at radius 3 is 2.08 bits per heavy atom. The topological polar surface area (TPSA) is 128 Å². The lowest BCUT2D eigenvalue weighted by Crippen LogP contribution is -2.30. The van der Waals surface area contributed by atoms with Crippen LogP contribution in [0.4, 0.5) is 5.69 Å². The molecule has 0 radical (unpaired) electrons. The van der Waals surface area contributed by atoms with Crippen LogP contribution in [0, 0.1) is 10.1 Å². The van der Waals surface area contributed by atoms with E-state index in [4.69, 9.17) is 14.2 Å². The first-order valence-corrected chi connectivity index (χ1v) is 8.71. The highest BCUT2D eigenvalue weighted by Crippen LogP contribution is 2.61. The van der Waals surface area contributed by atoms with E-state index in [9.17, 15) is 24.5 Å². The highest BCUT2D eigenvalue weighted by atomic mass is 31.2. The van der Waals surface area contributed by atoms with E-state index in [1.54, 1.807) is 0 Å². The van der Waals surface area contributed by atoms with Crippen LogP contribution in [0.2, 0.25) is 0 Å². The van der Waals surface area contributed by atoms with E-state index in [0.717, 1.165) is 0 Å². The molecular formula is C14H22NO8P. The lowest BCUT2D eigenvalue weighted by molar-refractivity contribution is -0.385. The molecule has 0 aromatic heterocycles. The fourth-order valence-corrected chi connectivity index (χ4v) is 3.77. The molecule has 0 amide bonds. The zero-order valence-corrected chi connectivity index (χ0v) is 14.7. The van der Waals surface area contributed by atoms with Crippen molar-refractivity contribution in [3.05, 3.63) is 33.9 Å². The minimum absolute atomic E-state index is 0.0259. The number of rotatable bonds is 10. The van der Waals surface area contributed by atoms with Gasteiger partial charge in [-0.25, -0.2) is 0 Å². The number of methoxy groups -OCH3 is 3. The summed E-state index contributed by atoms with van der Waals surface area (Å²) >= 11 is 0. The van der Waals surface area contributed by atoms with Crippen LogP contribution in [-0.4, -0.2) is 49.3 Å². The predicted molar refractivity (Wildman–Crippen MR) is 86.4 cm³/mol. The number of nitrogens with zero attached hydrogens (tertiary/aromatic N) is 1. The number of hydrogen-bond acceptors (Lipinski definition) is 6. The Morgan fingerprint density at radius 2 is 1.71 bits per heavy atom. The van der Waals surface area contributed by atoms with Gasteiger partial charge in [0.15, 0.2) is 5.75 Å². The van der Waals surface area contributed by atoms with Gasteiger partial charge in [-0.3, -0.25) is 14.7 Å². The Morgan fingerprint density at radius 1 is 1.17 bits per heavy atom. The quantitative estimate of drug-likeness (QED) is 0.367. The molecule has 0 spiro atoms. The summed E-state index contributed by atoms with van der Waals surface area (Å²) in [5.74, 6) is -0.0647. The summed E-state index contributed by atoms with van der Waals surface area (Å²) in [6, 6.07) is 3.81. The molecular weight excluding hydrogens is 341 g/mol. The summed E-state index contributed by atoms with van der Waals surface area (Å²) in [6.07, 6.45) is 0.0518. The van der Waals surface area contributed by atoms with E-state index in [1.165, 1.54) is 39.5 Å². The van der Waals surface area contributed by atoms with Crippen molar-refractivity contribution in [3.8, 4) is 5.75 Å². The summed E-state index contributed by atoms with van der Waals surface area (Å²) in [5.41, 5.74) is -0.0354. The third kappa shape index (κ3) is 4.31. The van der Waals surface area contributed by atoms with Gasteiger partial charge in [0.1, 0.15) is 5.16 Å². The standard InChI is InChI=1S/C14H22NO8P/c1-21-8-6-14(7-9-22-2,24(18,19)20)11-4-5-12(15(16)17)13(10-11)23-3/h4-5,10H,6-9H2,1-3H3,(H2,18,19,20). The largest absolute Gasteiger partial charge is 0.490 e. The van der Waals surface area contributed by atoms with Crippen LogP contribution in [0.15, 0.2) is 18.2 Å². The Hall–Kier alpha value is -1.51. The van der Waals surface area contributed by atoms with E-state index >= 15 is 0 Å². The maximum atomic E-state index is 12.3. The summed E-state index contributed by atoms with van der Waals surface area (Å²) < 4.78 is 27.3. The lowest BCUT2D eigenvalue weighted by atomic mass is 9.91. The molecule has 0 fully saturated rings. The Bertz CT molecular complexity index is 607. The van der Waals surface area contributed by atoms with Crippen molar-refractivity contribution in [2.24, 2.45) is 0 Å². The molecule has 0 aliphatic carbocycles. The molecule has 0 bridgehead atoms. The third-order valence-electron chi connectivity index (χ3n) is 3.91. The van der Waals surface area contributed by atoms with E-state index in [2.05, 4.69) is 0 Å². The normalized spacial score (nSPS) is 12.2. The van der Waals surface area contributed by atoms with Crippen molar-refractivity contribution >= 4 is 13.3 Å². The minimum Gasteiger partial charge on any atom is -0.490 e. The van der Waals surface area contributed by atoms with Gasteiger partial charge in [0.25, 0.3) is 0 Å². The van der Waals surface area contributed by atoms with Crippen molar-refractivity contribution in [1.82, 2.24) is 0 Å². The van der Waals surface area contributed by atoms with Gasteiger partial charge in [0.2, 0.25) is 0 Å².